The standard InChI is InChI=1S/C16H14BrClN2O/c17-12-5-6-13(18)15(8-12)20-16(21)11-7-10-3-1-2-4-14(10)19-9-11/h1-6,8,11,19H,7,9H2,(H,20,21). The van der Waals surface area contributed by atoms with E-state index in [1.807, 2.05) is 36.4 Å². The molecule has 0 aliphatic carbocycles. The second-order valence-corrected chi connectivity index (χ2v) is 6.38. The van der Waals surface area contributed by atoms with Gasteiger partial charge in [0, 0.05) is 16.7 Å². The van der Waals surface area contributed by atoms with Gasteiger partial charge in [0.25, 0.3) is 0 Å². The van der Waals surface area contributed by atoms with E-state index in [4.69, 9.17) is 11.6 Å². The topological polar surface area (TPSA) is 41.1 Å². The van der Waals surface area contributed by atoms with Crippen molar-refractivity contribution in [3.05, 3.63) is 57.5 Å². The molecule has 0 saturated carbocycles. The molecule has 1 aliphatic heterocycles. The van der Waals surface area contributed by atoms with Crippen LogP contribution in [0.3, 0.4) is 0 Å². The number of carbonyl (C=O) groups excluding carboxylic acids is 1. The van der Waals surface area contributed by atoms with E-state index in [0.29, 0.717) is 17.3 Å². The lowest BCUT2D eigenvalue weighted by molar-refractivity contribution is -0.119. The van der Waals surface area contributed by atoms with Crippen molar-refractivity contribution in [3.63, 3.8) is 0 Å². The Hall–Kier alpha value is -1.52. The van der Waals surface area contributed by atoms with Gasteiger partial charge in [-0.2, -0.15) is 0 Å². The van der Waals surface area contributed by atoms with Crippen molar-refractivity contribution < 1.29 is 4.79 Å². The van der Waals surface area contributed by atoms with Crippen LogP contribution in [-0.2, 0) is 11.2 Å². The van der Waals surface area contributed by atoms with E-state index in [0.717, 1.165) is 16.6 Å². The monoisotopic (exact) mass is 364 g/mol. The third-order valence-electron chi connectivity index (χ3n) is 3.58. The Balaban J connectivity index is 1.74. The van der Waals surface area contributed by atoms with Crippen molar-refractivity contribution in [2.24, 2.45) is 5.92 Å². The zero-order chi connectivity index (χ0) is 14.8. The minimum absolute atomic E-state index is 0.0167. The Morgan fingerprint density at radius 2 is 2.10 bits per heavy atom. The molecule has 1 amide bonds. The van der Waals surface area contributed by atoms with Crippen LogP contribution >= 0.6 is 27.5 Å². The van der Waals surface area contributed by atoms with Crippen LogP contribution in [0.5, 0.6) is 0 Å². The van der Waals surface area contributed by atoms with Gasteiger partial charge in [0.05, 0.1) is 16.6 Å². The van der Waals surface area contributed by atoms with Crippen molar-refractivity contribution >= 4 is 44.8 Å². The van der Waals surface area contributed by atoms with Gasteiger partial charge in [-0.3, -0.25) is 4.79 Å². The molecule has 2 aromatic rings. The van der Waals surface area contributed by atoms with Crippen LogP contribution in [0.2, 0.25) is 5.02 Å². The second kappa shape index (κ2) is 6.08. The fraction of sp³-hybridized carbons (Fsp3) is 0.188. The lowest BCUT2D eigenvalue weighted by atomic mass is 9.93. The third-order valence-corrected chi connectivity index (χ3v) is 4.40. The Kier molecular flexibility index (Phi) is 4.17. The molecule has 108 valence electrons. The fourth-order valence-electron chi connectivity index (χ4n) is 2.46. The van der Waals surface area contributed by atoms with Gasteiger partial charge < -0.3 is 10.6 Å². The van der Waals surface area contributed by atoms with Crippen LogP contribution in [0.15, 0.2) is 46.9 Å². The summed E-state index contributed by atoms with van der Waals surface area (Å²) in [4.78, 5) is 12.4. The Labute approximate surface area is 136 Å². The highest BCUT2D eigenvalue weighted by atomic mass is 79.9. The first-order valence-corrected chi connectivity index (χ1v) is 7.88. The number of fused-ring (bicyclic) bond motifs is 1. The number of halogens is 2. The molecule has 21 heavy (non-hydrogen) atoms. The van der Waals surface area contributed by atoms with Gasteiger partial charge in [0.2, 0.25) is 5.91 Å². The number of hydrogen-bond acceptors (Lipinski definition) is 2. The van der Waals surface area contributed by atoms with E-state index in [2.05, 4.69) is 26.6 Å². The largest absolute Gasteiger partial charge is 0.384 e. The Morgan fingerprint density at radius 3 is 2.95 bits per heavy atom. The number of nitrogens with one attached hydrogen (secondary N) is 2. The second-order valence-electron chi connectivity index (χ2n) is 5.05. The molecule has 2 aromatic carbocycles. The minimum Gasteiger partial charge on any atom is -0.384 e. The van der Waals surface area contributed by atoms with E-state index in [-0.39, 0.29) is 11.8 Å². The van der Waals surface area contributed by atoms with Crippen LogP contribution in [0.1, 0.15) is 5.56 Å². The van der Waals surface area contributed by atoms with Gasteiger partial charge in [-0.25, -0.2) is 0 Å². The molecule has 3 nitrogen and oxygen atoms in total. The molecule has 0 bridgehead atoms. The van der Waals surface area contributed by atoms with Crippen molar-refractivity contribution in [3.8, 4) is 0 Å². The molecule has 0 radical (unpaired) electrons. The molecule has 1 heterocycles. The zero-order valence-electron chi connectivity index (χ0n) is 11.2. The number of carbonyl (C=O) groups is 1. The number of rotatable bonds is 2. The van der Waals surface area contributed by atoms with Crippen molar-refractivity contribution in [2.75, 3.05) is 17.2 Å². The molecule has 2 N–H and O–H groups in total. The molecule has 0 spiro atoms. The minimum atomic E-state index is -0.102. The summed E-state index contributed by atoms with van der Waals surface area (Å²) in [6.07, 6.45) is 0.737. The highest BCUT2D eigenvalue weighted by Crippen LogP contribution is 2.28. The van der Waals surface area contributed by atoms with Gasteiger partial charge in [-0.1, -0.05) is 45.7 Å². The lowest BCUT2D eigenvalue weighted by Gasteiger charge is -2.25. The normalized spacial score (nSPS) is 16.8. The first-order valence-electron chi connectivity index (χ1n) is 6.71. The first kappa shape index (κ1) is 14.4. The maximum atomic E-state index is 12.4. The average molecular weight is 366 g/mol. The SMILES string of the molecule is O=C(Nc1cc(Br)ccc1Cl)C1CNc2ccccc2C1. The predicted molar refractivity (Wildman–Crippen MR) is 89.9 cm³/mol. The average Bonchev–Trinajstić information content (AvgIpc) is 2.50. The van der Waals surface area contributed by atoms with E-state index in [1.54, 1.807) is 6.07 Å². The molecule has 0 saturated heterocycles. The summed E-state index contributed by atoms with van der Waals surface area (Å²) in [5.41, 5.74) is 2.92. The molecular weight excluding hydrogens is 352 g/mol. The summed E-state index contributed by atoms with van der Waals surface area (Å²) < 4.78 is 0.884. The number of anilines is 2. The van der Waals surface area contributed by atoms with Gasteiger partial charge in [0.15, 0.2) is 0 Å². The zero-order valence-corrected chi connectivity index (χ0v) is 13.5. The van der Waals surface area contributed by atoms with Gasteiger partial charge in [-0.15, -0.1) is 0 Å². The predicted octanol–water partition coefficient (Wildman–Crippen LogP) is 4.33. The lowest BCUT2D eigenvalue weighted by Crippen LogP contribution is -2.33. The first-order chi connectivity index (χ1) is 10.1. The Morgan fingerprint density at radius 1 is 1.29 bits per heavy atom. The van der Waals surface area contributed by atoms with Crippen LogP contribution in [0.4, 0.5) is 11.4 Å². The number of para-hydroxylation sites is 1. The number of amides is 1. The fourth-order valence-corrected chi connectivity index (χ4v) is 2.98. The highest BCUT2D eigenvalue weighted by Gasteiger charge is 2.24. The summed E-state index contributed by atoms with van der Waals surface area (Å²) in [5.74, 6) is -0.119. The molecule has 1 atom stereocenters. The summed E-state index contributed by atoms with van der Waals surface area (Å²) >= 11 is 9.49. The quantitative estimate of drug-likeness (QED) is 0.832. The van der Waals surface area contributed by atoms with Crippen molar-refractivity contribution in [2.45, 2.75) is 6.42 Å². The van der Waals surface area contributed by atoms with Crippen LogP contribution in [0, 0.1) is 5.92 Å². The molecule has 0 aromatic heterocycles. The van der Waals surface area contributed by atoms with Crippen LogP contribution < -0.4 is 10.6 Å². The van der Waals surface area contributed by atoms with Crippen molar-refractivity contribution in [1.82, 2.24) is 0 Å². The maximum Gasteiger partial charge on any atom is 0.229 e. The summed E-state index contributed by atoms with van der Waals surface area (Å²) in [7, 11) is 0. The maximum absolute atomic E-state index is 12.4. The highest BCUT2D eigenvalue weighted by molar-refractivity contribution is 9.10. The van der Waals surface area contributed by atoms with Crippen LogP contribution in [-0.4, -0.2) is 12.5 Å². The van der Waals surface area contributed by atoms with E-state index < -0.39 is 0 Å². The van der Waals surface area contributed by atoms with Gasteiger partial charge >= 0.3 is 0 Å². The third kappa shape index (κ3) is 3.22. The molecule has 3 rings (SSSR count). The van der Waals surface area contributed by atoms with Gasteiger partial charge in [-0.05, 0) is 36.2 Å². The summed E-state index contributed by atoms with van der Waals surface area (Å²) in [6.45, 7) is 0.633. The summed E-state index contributed by atoms with van der Waals surface area (Å²) in [6, 6.07) is 13.5. The number of benzene rings is 2. The van der Waals surface area contributed by atoms with E-state index in [1.165, 1.54) is 5.56 Å². The van der Waals surface area contributed by atoms with Crippen LogP contribution in [0.25, 0.3) is 0 Å². The molecule has 5 heteroatoms. The van der Waals surface area contributed by atoms with E-state index in [9.17, 15) is 4.79 Å². The van der Waals surface area contributed by atoms with E-state index >= 15 is 0 Å². The Bertz CT molecular complexity index is 690. The number of hydrogen-bond donors (Lipinski definition) is 2. The van der Waals surface area contributed by atoms with Gasteiger partial charge in [0.1, 0.15) is 0 Å². The molecular formula is C16H14BrClN2O. The smallest absolute Gasteiger partial charge is 0.229 e. The molecule has 0 fully saturated rings. The summed E-state index contributed by atoms with van der Waals surface area (Å²) in [5, 5.41) is 6.75. The molecule has 1 aliphatic rings. The van der Waals surface area contributed by atoms with Crippen molar-refractivity contribution in [1.29, 1.82) is 0 Å². The molecule has 1 unspecified atom stereocenters.